The van der Waals surface area contributed by atoms with Crippen LogP contribution in [0.4, 0.5) is 0 Å². The molecule has 0 saturated heterocycles. The summed E-state index contributed by atoms with van der Waals surface area (Å²) in [5.74, 6) is 0.678. The van der Waals surface area contributed by atoms with E-state index in [1.54, 1.807) is 4.68 Å². The van der Waals surface area contributed by atoms with Crippen molar-refractivity contribution in [3.05, 3.63) is 58.8 Å². The van der Waals surface area contributed by atoms with Crippen LogP contribution in [0.3, 0.4) is 0 Å². The van der Waals surface area contributed by atoms with E-state index >= 15 is 0 Å². The molecule has 0 amide bonds. The van der Waals surface area contributed by atoms with Crippen LogP contribution in [0.2, 0.25) is 0 Å². The van der Waals surface area contributed by atoms with Crippen LogP contribution >= 0.6 is 0 Å². The number of nitrogens with zero attached hydrogens (tertiary/aromatic N) is 2. The molecule has 1 fully saturated rings. The zero-order valence-electron chi connectivity index (χ0n) is 19.2. The van der Waals surface area contributed by atoms with Crippen molar-refractivity contribution in [2.75, 3.05) is 6.61 Å². The second-order valence-corrected chi connectivity index (χ2v) is 9.08. The Morgan fingerprint density at radius 2 is 1.91 bits per heavy atom. The lowest BCUT2D eigenvalue weighted by Gasteiger charge is -2.37. The normalized spacial score (nSPS) is 23.8. The van der Waals surface area contributed by atoms with Crippen molar-refractivity contribution in [3.63, 3.8) is 0 Å². The first-order valence-corrected chi connectivity index (χ1v) is 11.2. The number of aliphatic hydroxyl groups is 1. The minimum absolute atomic E-state index is 0.0107. The molecule has 32 heavy (non-hydrogen) atoms. The average molecular weight is 441 g/mol. The molecule has 1 N–H and O–H groups in total. The molecule has 2 aliphatic rings. The van der Waals surface area contributed by atoms with Gasteiger partial charge in [-0.2, -0.15) is 5.10 Å². The Hall–Kier alpha value is -2.64. The van der Waals surface area contributed by atoms with Gasteiger partial charge in [0.2, 0.25) is 11.5 Å². The molecule has 0 spiro atoms. The van der Waals surface area contributed by atoms with E-state index in [2.05, 4.69) is 11.2 Å². The van der Waals surface area contributed by atoms with E-state index in [-0.39, 0.29) is 36.3 Å². The predicted octanol–water partition coefficient (Wildman–Crippen LogP) is 3.55. The van der Waals surface area contributed by atoms with Gasteiger partial charge in [-0.25, -0.2) is 0 Å². The third kappa shape index (κ3) is 5.22. The van der Waals surface area contributed by atoms with Gasteiger partial charge in [-0.15, -0.1) is 0 Å². The number of hydrogen-bond donors (Lipinski definition) is 1. The lowest BCUT2D eigenvalue weighted by molar-refractivity contribution is -0.135. The van der Waals surface area contributed by atoms with Crippen molar-refractivity contribution >= 4 is 5.78 Å². The van der Waals surface area contributed by atoms with Crippen LogP contribution in [0.25, 0.3) is 0 Å². The summed E-state index contributed by atoms with van der Waals surface area (Å²) in [7, 11) is 0. The van der Waals surface area contributed by atoms with Gasteiger partial charge >= 0.3 is 0 Å². The first-order valence-electron chi connectivity index (χ1n) is 11.2. The van der Waals surface area contributed by atoms with Gasteiger partial charge in [0.15, 0.2) is 0 Å². The van der Waals surface area contributed by atoms with Crippen molar-refractivity contribution in [1.29, 1.82) is 0 Å². The highest BCUT2D eigenvalue weighted by atomic mass is 16.5. The fourth-order valence-electron chi connectivity index (χ4n) is 4.64. The molecule has 2 heterocycles. The van der Waals surface area contributed by atoms with Gasteiger partial charge in [0.05, 0.1) is 37.0 Å². The van der Waals surface area contributed by atoms with Gasteiger partial charge in [0.25, 0.3) is 0 Å². The van der Waals surface area contributed by atoms with Crippen LogP contribution in [-0.4, -0.2) is 45.6 Å². The number of carbonyl (C=O) groups is 1. The van der Waals surface area contributed by atoms with E-state index in [4.69, 9.17) is 14.2 Å². The number of hydrogen-bond acceptors (Lipinski definition) is 6. The second-order valence-electron chi connectivity index (χ2n) is 9.08. The number of ketones is 1. The maximum absolute atomic E-state index is 13.0. The summed E-state index contributed by atoms with van der Waals surface area (Å²) in [5.41, 5.74) is 4.12. The Labute approximate surface area is 189 Å². The van der Waals surface area contributed by atoms with Crippen molar-refractivity contribution in [2.45, 2.75) is 71.8 Å². The van der Waals surface area contributed by atoms with E-state index < -0.39 is 6.10 Å². The molecule has 4 atom stereocenters. The maximum atomic E-state index is 13.0. The summed E-state index contributed by atoms with van der Waals surface area (Å²) in [5, 5.41) is 14.7. The van der Waals surface area contributed by atoms with Crippen LogP contribution in [0.1, 0.15) is 41.8 Å². The van der Waals surface area contributed by atoms with Gasteiger partial charge in [0, 0.05) is 12.1 Å². The number of aryl methyl sites for hydroxylation is 4. The first-order chi connectivity index (χ1) is 15.3. The van der Waals surface area contributed by atoms with Crippen molar-refractivity contribution < 1.29 is 24.1 Å². The van der Waals surface area contributed by atoms with Crippen LogP contribution in [-0.2, 0) is 20.8 Å². The van der Waals surface area contributed by atoms with Gasteiger partial charge < -0.3 is 19.3 Å². The molecule has 1 aliphatic heterocycles. The molecule has 4 rings (SSSR count). The first kappa shape index (κ1) is 22.6. The molecule has 7 heteroatoms. The Kier molecular flexibility index (Phi) is 6.67. The third-order valence-corrected chi connectivity index (χ3v) is 6.11. The van der Waals surface area contributed by atoms with E-state index in [1.807, 2.05) is 45.9 Å². The summed E-state index contributed by atoms with van der Waals surface area (Å²) in [4.78, 5) is 13.0. The lowest BCUT2D eigenvalue weighted by atomic mass is 9.80. The minimum Gasteiger partial charge on any atom is -0.493 e. The van der Waals surface area contributed by atoms with E-state index in [9.17, 15) is 9.90 Å². The Balaban J connectivity index is 1.30. The zero-order chi connectivity index (χ0) is 22.8. The smallest absolute Gasteiger partial charge is 0.207 e. The second kappa shape index (κ2) is 9.46. The highest BCUT2D eigenvalue weighted by Gasteiger charge is 2.41. The van der Waals surface area contributed by atoms with E-state index in [1.165, 1.54) is 6.26 Å². The van der Waals surface area contributed by atoms with Crippen LogP contribution in [0.15, 0.2) is 36.3 Å². The quantitative estimate of drug-likeness (QED) is 0.709. The van der Waals surface area contributed by atoms with Gasteiger partial charge in [-0.1, -0.05) is 6.07 Å². The molecule has 0 bridgehead atoms. The van der Waals surface area contributed by atoms with Crippen molar-refractivity contribution in [3.8, 4) is 5.75 Å². The SMILES string of the molecule is Cc1cc(C)cc(OC2=COC3CC(OCC(O)Cn4nc(C)cc4C)CCC3C2=O)c1. The average Bonchev–Trinajstić information content (AvgIpc) is 3.04. The maximum Gasteiger partial charge on any atom is 0.207 e. The fourth-order valence-corrected chi connectivity index (χ4v) is 4.64. The Morgan fingerprint density at radius 3 is 2.59 bits per heavy atom. The molecule has 7 nitrogen and oxygen atoms in total. The number of carbonyl (C=O) groups excluding carboxylic acids is 1. The van der Waals surface area contributed by atoms with Crippen molar-refractivity contribution in [2.24, 2.45) is 5.92 Å². The molecule has 1 aromatic carbocycles. The van der Waals surface area contributed by atoms with Gasteiger partial charge in [-0.05, 0) is 69.9 Å². The monoisotopic (exact) mass is 440 g/mol. The summed E-state index contributed by atoms with van der Waals surface area (Å²) in [6.45, 7) is 8.53. The summed E-state index contributed by atoms with van der Waals surface area (Å²) in [6, 6.07) is 7.87. The molecule has 1 saturated carbocycles. The Morgan fingerprint density at radius 1 is 1.16 bits per heavy atom. The number of ether oxygens (including phenoxy) is 3. The molecule has 2 aromatic rings. The molecule has 4 unspecified atom stereocenters. The summed E-state index contributed by atoms with van der Waals surface area (Å²) >= 11 is 0. The number of allylic oxidation sites excluding steroid dienone is 1. The highest BCUT2D eigenvalue weighted by Crippen LogP contribution is 2.35. The number of Topliss-reactive ketones (excluding diaryl/α,β-unsaturated/α-hetero) is 1. The standard InChI is InChI=1S/C25H32N2O5/c1-15-7-16(2)9-21(8-15)32-24-14-31-23-11-20(5-6-22(23)25(24)29)30-13-19(28)12-27-18(4)10-17(3)26-27/h7-10,14,19-20,22-23,28H,5-6,11-13H2,1-4H3. The number of aromatic nitrogens is 2. The molecule has 1 aromatic heterocycles. The molecular weight excluding hydrogens is 408 g/mol. The fraction of sp³-hybridized carbons (Fsp3) is 0.520. The van der Waals surface area contributed by atoms with Crippen LogP contribution in [0.5, 0.6) is 5.75 Å². The highest BCUT2D eigenvalue weighted by molar-refractivity contribution is 5.96. The predicted molar refractivity (Wildman–Crippen MR) is 119 cm³/mol. The van der Waals surface area contributed by atoms with Gasteiger partial charge in [-0.3, -0.25) is 9.48 Å². The zero-order valence-corrected chi connectivity index (χ0v) is 19.2. The summed E-state index contributed by atoms with van der Waals surface area (Å²) < 4.78 is 19.5. The Bertz CT molecular complexity index is 992. The number of aliphatic hydroxyl groups excluding tert-OH is 1. The lowest BCUT2D eigenvalue weighted by Crippen LogP contribution is -2.43. The van der Waals surface area contributed by atoms with E-state index in [0.717, 1.165) is 28.9 Å². The number of rotatable bonds is 7. The van der Waals surface area contributed by atoms with Crippen molar-refractivity contribution in [1.82, 2.24) is 9.78 Å². The molecule has 1 aliphatic carbocycles. The number of fused-ring (bicyclic) bond motifs is 1. The summed E-state index contributed by atoms with van der Waals surface area (Å²) in [6.07, 6.45) is 2.58. The minimum atomic E-state index is -0.641. The third-order valence-electron chi connectivity index (χ3n) is 6.11. The largest absolute Gasteiger partial charge is 0.493 e. The van der Waals surface area contributed by atoms with Gasteiger partial charge in [0.1, 0.15) is 18.1 Å². The molecule has 0 radical (unpaired) electrons. The number of benzene rings is 1. The van der Waals surface area contributed by atoms with E-state index in [0.29, 0.717) is 25.1 Å². The van der Waals surface area contributed by atoms with Crippen LogP contribution in [0, 0.1) is 33.6 Å². The molecule has 172 valence electrons. The van der Waals surface area contributed by atoms with Crippen LogP contribution < -0.4 is 4.74 Å². The molecular formula is C25H32N2O5. The topological polar surface area (TPSA) is 82.8 Å².